The fourth-order valence-corrected chi connectivity index (χ4v) is 1.47. The lowest BCUT2D eigenvalue weighted by Crippen LogP contribution is -2.01. The van der Waals surface area contributed by atoms with E-state index in [9.17, 15) is 9.18 Å². The van der Waals surface area contributed by atoms with Crippen LogP contribution < -0.4 is 0 Å². The monoisotopic (exact) mass is 231 g/mol. The predicted molar refractivity (Wildman–Crippen MR) is 61.0 cm³/mol. The van der Waals surface area contributed by atoms with Crippen LogP contribution in [0, 0.1) is 5.82 Å². The molecule has 4 heteroatoms. The minimum Gasteiger partial charge on any atom is -0.465 e. The third kappa shape index (κ3) is 2.47. The number of esters is 1. The summed E-state index contributed by atoms with van der Waals surface area (Å²) in [5.74, 6) is -0.743. The van der Waals surface area contributed by atoms with Crippen molar-refractivity contribution in [1.29, 1.82) is 0 Å². The smallest absolute Gasteiger partial charge is 0.339 e. The lowest BCUT2D eigenvalue weighted by molar-refractivity contribution is 0.0600. The lowest BCUT2D eigenvalue weighted by Gasteiger charge is -2.03. The number of methoxy groups -OCH3 is 1. The topological polar surface area (TPSA) is 39.2 Å². The van der Waals surface area contributed by atoms with Crippen LogP contribution in [0.3, 0.4) is 0 Å². The van der Waals surface area contributed by atoms with E-state index in [-0.39, 0.29) is 5.82 Å². The number of hydrogen-bond donors (Lipinski definition) is 0. The van der Waals surface area contributed by atoms with Gasteiger partial charge in [-0.15, -0.1) is 0 Å². The van der Waals surface area contributed by atoms with Crippen molar-refractivity contribution in [1.82, 2.24) is 4.98 Å². The molecular weight excluding hydrogens is 221 g/mol. The van der Waals surface area contributed by atoms with Gasteiger partial charge in [0.2, 0.25) is 0 Å². The summed E-state index contributed by atoms with van der Waals surface area (Å²) in [6.07, 6.45) is 3.04. The summed E-state index contributed by atoms with van der Waals surface area (Å²) in [5.41, 5.74) is 1.91. The first-order chi connectivity index (χ1) is 8.20. The standard InChI is InChI=1S/C13H10FNO2/c1-17-13(16)11-6-10(7-15-8-11)9-2-4-12(14)5-3-9/h2-8H,1H3. The Morgan fingerprint density at radius 3 is 2.53 bits per heavy atom. The molecule has 0 N–H and O–H groups in total. The van der Waals surface area contributed by atoms with Gasteiger partial charge in [-0.3, -0.25) is 4.98 Å². The SMILES string of the molecule is COC(=O)c1cncc(-c2ccc(F)cc2)c1. The molecule has 1 heterocycles. The van der Waals surface area contributed by atoms with Gasteiger partial charge in [-0.05, 0) is 23.8 Å². The summed E-state index contributed by atoms with van der Waals surface area (Å²) in [5, 5.41) is 0. The van der Waals surface area contributed by atoms with Crippen molar-refractivity contribution < 1.29 is 13.9 Å². The van der Waals surface area contributed by atoms with Crippen molar-refractivity contribution in [2.24, 2.45) is 0 Å². The van der Waals surface area contributed by atoms with Gasteiger partial charge in [0, 0.05) is 18.0 Å². The highest BCUT2D eigenvalue weighted by Gasteiger charge is 2.07. The summed E-state index contributed by atoms with van der Waals surface area (Å²) in [6.45, 7) is 0. The van der Waals surface area contributed by atoms with Crippen LogP contribution in [0.25, 0.3) is 11.1 Å². The maximum absolute atomic E-state index is 12.8. The van der Waals surface area contributed by atoms with E-state index in [0.717, 1.165) is 11.1 Å². The van der Waals surface area contributed by atoms with E-state index >= 15 is 0 Å². The van der Waals surface area contributed by atoms with E-state index in [1.807, 2.05) is 0 Å². The zero-order chi connectivity index (χ0) is 12.3. The van der Waals surface area contributed by atoms with Gasteiger partial charge in [-0.2, -0.15) is 0 Å². The van der Waals surface area contributed by atoms with Crippen LogP contribution in [0.1, 0.15) is 10.4 Å². The number of rotatable bonds is 2. The second-order valence-electron chi connectivity index (χ2n) is 3.46. The molecule has 0 bridgehead atoms. The normalized spacial score (nSPS) is 10.0. The fourth-order valence-electron chi connectivity index (χ4n) is 1.47. The quantitative estimate of drug-likeness (QED) is 0.746. The average Bonchev–Trinajstić information content (AvgIpc) is 2.39. The molecule has 0 amide bonds. The Balaban J connectivity index is 2.39. The van der Waals surface area contributed by atoms with E-state index < -0.39 is 5.97 Å². The second kappa shape index (κ2) is 4.74. The first kappa shape index (κ1) is 11.3. The number of ether oxygens (including phenoxy) is 1. The highest BCUT2D eigenvalue weighted by molar-refractivity contribution is 5.90. The fraction of sp³-hybridized carbons (Fsp3) is 0.0769. The summed E-state index contributed by atoms with van der Waals surface area (Å²) in [7, 11) is 1.31. The molecule has 86 valence electrons. The Labute approximate surface area is 97.9 Å². The summed E-state index contributed by atoms with van der Waals surface area (Å²) >= 11 is 0. The highest BCUT2D eigenvalue weighted by Crippen LogP contribution is 2.19. The third-order valence-electron chi connectivity index (χ3n) is 2.34. The first-order valence-corrected chi connectivity index (χ1v) is 5.00. The Bertz CT molecular complexity index is 537. The molecule has 0 saturated carbocycles. The largest absolute Gasteiger partial charge is 0.465 e. The molecule has 0 saturated heterocycles. The van der Waals surface area contributed by atoms with Crippen molar-refractivity contribution in [2.75, 3.05) is 7.11 Å². The summed E-state index contributed by atoms with van der Waals surface area (Å²) in [6, 6.07) is 7.65. The van der Waals surface area contributed by atoms with Gasteiger partial charge in [0.05, 0.1) is 12.7 Å². The van der Waals surface area contributed by atoms with Crippen LogP contribution in [0.4, 0.5) is 4.39 Å². The Hall–Kier alpha value is -2.23. The molecule has 0 unspecified atom stereocenters. The first-order valence-electron chi connectivity index (χ1n) is 5.00. The van der Waals surface area contributed by atoms with Gasteiger partial charge in [-0.1, -0.05) is 12.1 Å². The molecule has 0 aliphatic carbocycles. The van der Waals surface area contributed by atoms with E-state index in [0.29, 0.717) is 5.56 Å². The van der Waals surface area contributed by atoms with Crippen molar-refractivity contribution in [3.05, 3.63) is 54.1 Å². The number of aromatic nitrogens is 1. The molecule has 2 rings (SSSR count). The zero-order valence-corrected chi connectivity index (χ0v) is 9.18. The van der Waals surface area contributed by atoms with Crippen molar-refractivity contribution >= 4 is 5.97 Å². The number of nitrogens with zero attached hydrogens (tertiary/aromatic N) is 1. The number of carbonyl (C=O) groups is 1. The molecule has 17 heavy (non-hydrogen) atoms. The maximum atomic E-state index is 12.8. The molecule has 0 spiro atoms. The molecule has 1 aromatic heterocycles. The lowest BCUT2D eigenvalue weighted by atomic mass is 10.1. The average molecular weight is 231 g/mol. The maximum Gasteiger partial charge on any atom is 0.339 e. The minimum absolute atomic E-state index is 0.300. The number of pyridine rings is 1. The van der Waals surface area contributed by atoms with Gasteiger partial charge in [-0.25, -0.2) is 9.18 Å². The third-order valence-corrected chi connectivity index (χ3v) is 2.34. The number of halogens is 1. The van der Waals surface area contributed by atoms with Gasteiger partial charge in [0.1, 0.15) is 5.82 Å². The molecule has 2 aromatic rings. The number of benzene rings is 1. The number of hydrogen-bond acceptors (Lipinski definition) is 3. The molecule has 0 fully saturated rings. The minimum atomic E-state index is -0.443. The highest BCUT2D eigenvalue weighted by atomic mass is 19.1. The van der Waals surface area contributed by atoms with Gasteiger partial charge in [0.15, 0.2) is 0 Å². The van der Waals surface area contributed by atoms with Crippen LogP contribution in [-0.2, 0) is 4.74 Å². The summed E-state index contributed by atoms with van der Waals surface area (Å²) < 4.78 is 17.4. The van der Waals surface area contributed by atoms with Crippen LogP contribution in [0.15, 0.2) is 42.7 Å². The van der Waals surface area contributed by atoms with E-state index in [4.69, 9.17) is 0 Å². The Morgan fingerprint density at radius 1 is 1.18 bits per heavy atom. The van der Waals surface area contributed by atoms with Crippen LogP contribution in [0.2, 0.25) is 0 Å². The van der Waals surface area contributed by atoms with Crippen molar-refractivity contribution in [3.63, 3.8) is 0 Å². The molecule has 0 aliphatic rings. The number of carbonyl (C=O) groups excluding carboxylic acids is 1. The molecule has 0 radical (unpaired) electrons. The zero-order valence-electron chi connectivity index (χ0n) is 9.18. The van der Waals surface area contributed by atoms with Crippen LogP contribution in [-0.4, -0.2) is 18.1 Å². The predicted octanol–water partition coefficient (Wildman–Crippen LogP) is 2.67. The van der Waals surface area contributed by atoms with Gasteiger partial charge >= 0.3 is 5.97 Å². The molecule has 1 aromatic carbocycles. The molecular formula is C13H10FNO2. The van der Waals surface area contributed by atoms with Crippen LogP contribution in [0.5, 0.6) is 0 Å². The Kier molecular flexibility index (Phi) is 3.14. The van der Waals surface area contributed by atoms with E-state index in [2.05, 4.69) is 9.72 Å². The molecule has 3 nitrogen and oxygen atoms in total. The second-order valence-corrected chi connectivity index (χ2v) is 3.46. The van der Waals surface area contributed by atoms with Crippen LogP contribution >= 0.6 is 0 Å². The van der Waals surface area contributed by atoms with Gasteiger partial charge < -0.3 is 4.74 Å². The molecule has 0 atom stereocenters. The van der Waals surface area contributed by atoms with E-state index in [1.165, 1.54) is 25.4 Å². The molecule has 0 aliphatic heterocycles. The van der Waals surface area contributed by atoms with E-state index in [1.54, 1.807) is 24.4 Å². The Morgan fingerprint density at radius 2 is 1.88 bits per heavy atom. The summed E-state index contributed by atoms with van der Waals surface area (Å²) in [4.78, 5) is 15.3. The van der Waals surface area contributed by atoms with Crippen molar-refractivity contribution in [2.45, 2.75) is 0 Å². The van der Waals surface area contributed by atoms with Crippen molar-refractivity contribution in [3.8, 4) is 11.1 Å². The van der Waals surface area contributed by atoms with Gasteiger partial charge in [0.25, 0.3) is 0 Å².